The number of rotatable bonds is 3. The maximum atomic E-state index is 6.15. The van der Waals surface area contributed by atoms with Crippen LogP contribution in [0.25, 0.3) is 11.1 Å². The normalized spacial score (nSPS) is 21.1. The number of hydrogen-bond acceptors (Lipinski definition) is 4. The molecular formula is C28H36N2O2. The first-order valence-electron chi connectivity index (χ1n) is 11.6. The van der Waals surface area contributed by atoms with E-state index in [-0.39, 0.29) is 22.9 Å². The Hall–Kier alpha value is -2.62. The van der Waals surface area contributed by atoms with Gasteiger partial charge in [0.15, 0.2) is 0 Å². The van der Waals surface area contributed by atoms with Crippen LogP contribution < -0.4 is 0 Å². The molecule has 0 amide bonds. The highest BCUT2D eigenvalue weighted by Crippen LogP contribution is 2.38. The summed E-state index contributed by atoms with van der Waals surface area (Å²) in [6, 6.07) is 13.0. The highest BCUT2D eigenvalue weighted by Gasteiger charge is 2.34. The lowest BCUT2D eigenvalue weighted by atomic mass is 9.87. The predicted molar refractivity (Wildman–Crippen MR) is 133 cm³/mol. The van der Waals surface area contributed by atoms with Crippen molar-refractivity contribution in [2.45, 2.75) is 67.5 Å². The van der Waals surface area contributed by atoms with E-state index in [1.54, 1.807) is 0 Å². The average Bonchev–Trinajstić information content (AvgIpc) is 3.38. The van der Waals surface area contributed by atoms with Crippen LogP contribution in [0.2, 0.25) is 0 Å². The molecule has 0 unspecified atom stereocenters. The third-order valence-electron chi connectivity index (χ3n) is 6.56. The molecule has 32 heavy (non-hydrogen) atoms. The molecule has 0 saturated heterocycles. The quantitative estimate of drug-likeness (QED) is 0.567. The van der Waals surface area contributed by atoms with Gasteiger partial charge in [0.05, 0.1) is 12.1 Å². The lowest BCUT2D eigenvalue weighted by Gasteiger charge is -2.22. The summed E-state index contributed by atoms with van der Waals surface area (Å²) in [7, 11) is 0. The fraction of sp³-hybridized carbons (Fsp3) is 0.500. The van der Waals surface area contributed by atoms with Gasteiger partial charge in [0.1, 0.15) is 13.2 Å². The van der Waals surface area contributed by atoms with Gasteiger partial charge in [-0.15, -0.1) is 0 Å². The van der Waals surface area contributed by atoms with Gasteiger partial charge in [0.2, 0.25) is 11.8 Å². The van der Waals surface area contributed by atoms with Crippen molar-refractivity contribution in [1.82, 2.24) is 0 Å². The summed E-state index contributed by atoms with van der Waals surface area (Å²) in [5.41, 5.74) is 6.89. The first kappa shape index (κ1) is 22.6. The Morgan fingerprint density at radius 1 is 0.656 bits per heavy atom. The summed E-state index contributed by atoms with van der Waals surface area (Å²) in [5, 5.41) is 0. The molecule has 0 saturated carbocycles. The molecule has 0 radical (unpaired) electrons. The zero-order valence-electron chi connectivity index (χ0n) is 20.7. The van der Waals surface area contributed by atoms with Crippen LogP contribution in [0.15, 0.2) is 46.4 Å². The van der Waals surface area contributed by atoms with Crippen LogP contribution in [0.5, 0.6) is 0 Å². The molecule has 4 rings (SSSR count). The molecular weight excluding hydrogens is 396 g/mol. The number of hydrogen-bond donors (Lipinski definition) is 0. The lowest BCUT2D eigenvalue weighted by Crippen LogP contribution is -2.25. The van der Waals surface area contributed by atoms with Crippen molar-refractivity contribution in [2.24, 2.45) is 20.8 Å². The van der Waals surface area contributed by atoms with Crippen LogP contribution in [0.1, 0.15) is 63.8 Å². The largest absolute Gasteiger partial charge is 0.475 e. The third kappa shape index (κ3) is 4.20. The summed E-state index contributed by atoms with van der Waals surface area (Å²) in [6.45, 7) is 18.8. The van der Waals surface area contributed by atoms with E-state index >= 15 is 0 Å². The number of aliphatic imine (C=N–C) groups is 2. The van der Waals surface area contributed by atoms with Gasteiger partial charge >= 0.3 is 0 Å². The van der Waals surface area contributed by atoms with Gasteiger partial charge in [-0.2, -0.15) is 0 Å². The molecule has 4 nitrogen and oxygen atoms in total. The highest BCUT2D eigenvalue weighted by atomic mass is 16.5. The molecule has 0 fully saturated rings. The molecule has 2 heterocycles. The smallest absolute Gasteiger partial charge is 0.217 e. The Balaban J connectivity index is 1.87. The zero-order valence-corrected chi connectivity index (χ0v) is 20.7. The first-order chi connectivity index (χ1) is 15.0. The van der Waals surface area contributed by atoms with Crippen LogP contribution in [0.3, 0.4) is 0 Å². The number of ether oxygens (including phenoxy) is 2. The van der Waals surface area contributed by atoms with Gasteiger partial charge in [-0.05, 0) is 59.1 Å². The Morgan fingerprint density at radius 3 is 1.34 bits per heavy atom. The van der Waals surface area contributed by atoms with E-state index in [2.05, 4.69) is 91.8 Å². The Labute approximate surface area is 192 Å². The van der Waals surface area contributed by atoms with Gasteiger partial charge < -0.3 is 9.47 Å². The van der Waals surface area contributed by atoms with Crippen molar-refractivity contribution >= 4 is 11.8 Å². The van der Waals surface area contributed by atoms with Crippen LogP contribution >= 0.6 is 0 Å². The van der Waals surface area contributed by atoms with Crippen LogP contribution in [-0.2, 0) is 9.47 Å². The van der Waals surface area contributed by atoms with Crippen molar-refractivity contribution in [1.29, 1.82) is 0 Å². The van der Waals surface area contributed by atoms with E-state index in [9.17, 15) is 0 Å². The fourth-order valence-electron chi connectivity index (χ4n) is 4.29. The predicted octanol–water partition coefficient (Wildman–Crippen LogP) is 6.35. The van der Waals surface area contributed by atoms with E-state index in [1.807, 2.05) is 0 Å². The second-order valence-corrected chi connectivity index (χ2v) is 11.2. The molecule has 0 N–H and O–H groups in total. The van der Waals surface area contributed by atoms with E-state index in [4.69, 9.17) is 19.5 Å². The van der Waals surface area contributed by atoms with Crippen molar-refractivity contribution in [3.05, 3.63) is 58.7 Å². The average molecular weight is 433 g/mol. The first-order valence-corrected chi connectivity index (χ1v) is 11.6. The Kier molecular flexibility index (Phi) is 5.68. The van der Waals surface area contributed by atoms with E-state index in [0.29, 0.717) is 13.2 Å². The van der Waals surface area contributed by atoms with Crippen LogP contribution in [-0.4, -0.2) is 37.1 Å². The van der Waals surface area contributed by atoms with E-state index in [0.717, 1.165) is 34.0 Å². The molecule has 0 spiro atoms. The SMILES string of the molecule is Cc1cccc(C2=N[C@H](C(C)(C)C)CO2)c1-c1c(C)cccc1C1=N[C@H](C(C)(C)C)CO1. The molecule has 2 aliphatic rings. The van der Waals surface area contributed by atoms with Gasteiger partial charge in [-0.3, -0.25) is 0 Å². The van der Waals surface area contributed by atoms with E-state index in [1.165, 1.54) is 11.1 Å². The van der Waals surface area contributed by atoms with Crippen molar-refractivity contribution in [2.75, 3.05) is 13.2 Å². The molecule has 2 aliphatic heterocycles. The zero-order chi connectivity index (χ0) is 23.3. The van der Waals surface area contributed by atoms with Crippen molar-refractivity contribution < 1.29 is 9.47 Å². The second kappa shape index (κ2) is 8.06. The number of nitrogens with zero attached hydrogens (tertiary/aromatic N) is 2. The minimum Gasteiger partial charge on any atom is -0.475 e. The summed E-state index contributed by atoms with van der Waals surface area (Å²) in [6.07, 6.45) is 0. The molecule has 2 atom stereocenters. The molecule has 170 valence electrons. The molecule has 4 heteroatoms. The van der Waals surface area contributed by atoms with Gasteiger partial charge in [0, 0.05) is 11.1 Å². The molecule has 2 aromatic rings. The fourth-order valence-corrected chi connectivity index (χ4v) is 4.29. The van der Waals surface area contributed by atoms with Crippen molar-refractivity contribution in [3.63, 3.8) is 0 Å². The summed E-state index contributed by atoms with van der Waals surface area (Å²) >= 11 is 0. The topological polar surface area (TPSA) is 43.2 Å². The third-order valence-corrected chi connectivity index (χ3v) is 6.56. The minimum atomic E-state index is 0.0634. The molecule has 2 aromatic carbocycles. The van der Waals surface area contributed by atoms with Gasteiger partial charge in [-0.1, -0.05) is 65.8 Å². The molecule has 0 aromatic heterocycles. The number of aryl methyl sites for hydroxylation is 2. The highest BCUT2D eigenvalue weighted by molar-refractivity contribution is 6.08. The number of benzene rings is 2. The Morgan fingerprint density at radius 2 is 1.03 bits per heavy atom. The standard InChI is InChI=1S/C28H36N2O2/c1-17-11-9-13-19(25-29-21(15-31-25)27(3,4)5)23(17)24-18(2)12-10-14-20(24)26-30-22(16-32-26)28(6,7)8/h9-14,21-22H,15-16H2,1-8H3/t21-,22-/m0/s1. The maximum Gasteiger partial charge on any atom is 0.217 e. The molecule has 0 bridgehead atoms. The van der Waals surface area contributed by atoms with Crippen molar-refractivity contribution in [3.8, 4) is 11.1 Å². The van der Waals surface area contributed by atoms with Gasteiger partial charge in [-0.25, -0.2) is 9.98 Å². The molecule has 0 aliphatic carbocycles. The van der Waals surface area contributed by atoms with Gasteiger partial charge in [0.25, 0.3) is 0 Å². The van der Waals surface area contributed by atoms with Crippen LogP contribution in [0.4, 0.5) is 0 Å². The van der Waals surface area contributed by atoms with Crippen LogP contribution in [0, 0.1) is 24.7 Å². The lowest BCUT2D eigenvalue weighted by molar-refractivity contribution is 0.235. The van der Waals surface area contributed by atoms with E-state index < -0.39 is 0 Å². The second-order valence-electron chi connectivity index (χ2n) is 11.2. The monoisotopic (exact) mass is 432 g/mol. The summed E-state index contributed by atoms with van der Waals surface area (Å²) < 4.78 is 12.3. The maximum absolute atomic E-state index is 6.15. The summed E-state index contributed by atoms with van der Waals surface area (Å²) in [5.74, 6) is 1.47. The summed E-state index contributed by atoms with van der Waals surface area (Å²) in [4.78, 5) is 9.98. The minimum absolute atomic E-state index is 0.0634. The Bertz CT molecular complexity index is 996.